The van der Waals surface area contributed by atoms with Crippen molar-refractivity contribution in [3.05, 3.63) is 58.9 Å². The highest BCUT2D eigenvalue weighted by Crippen LogP contribution is 2.24. The van der Waals surface area contributed by atoms with E-state index in [0.717, 1.165) is 17.5 Å². The Balaban J connectivity index is 2.04. The van der Waals surface area contributed by atoms with Crippen LogP contribution >= 0.6 is 0 Å². The fourth-order valence-corrected chi connectivity index (χ4v) is 2.52. The van der Waals surface area contributed by atoms with E-state index in [2.05, 4.69) is 10.6 Å². The Morgan fingerprint density at radius 2 is 2.08 bits per heavy atom. The zero-order valence-corrected chi connectivity index (χ0v) is 14.6. The van der Waals surface area contributed by atoms with Crippen molar-refractivity contribution in [2.75, 3.05) is 19.0 Å². The van der Waals surface area contributed by atoms with Crippen molar-refractivity contribution in [3.8, 4) is 5.75 Å². The highest BCUT2D eigenvalue weighted by molar-refractivity contribution is 5.78. The standard InChI is InChI=1S/C19H21FN2O4/c1-12(16-6-3-13(10-23)7-18(16)21-2)22-9-14-4-5-15(8-17(14)20)26-11-19(24)25/h3-8,10,12,21-22H,9,11H2,1-2H3,(H,24,25). The number of carboxylic acids is 1. The molecule has 1 unspecified atom stereocenters. The molecule has 2 rings (SSSR count). The maximum atomic E-state index is 14.2. The number of aldehydes is 1. The number of hydrogen-bond donors (Lipinski definition) is 3. The predicted octanol–water partition coefficient (Wildman–Crippen LogP) is 2.99. The average Bonchev–Trinajstić information content (AvgIpc) is 2.64. The molecule has 3 N–H and O–H groups in total. The third-order valence-electron chi connectivity index (χ3n) is 3.93. The topological polar surface area (TPSA) is 87.7 Å². The first-order valence-corrected chi connectivity index (χ1v) is 8.08. The van der Waals surface area contributed by atoms with Crippen molar-refractivity contribution >= 4 is 17.9 Å². The molecular formula is C19H21FN2O4. The number of carbonyl (C=O) groups excluding carboxylic acids is 1. The van der Waals surface area contributed by atoms with E-state index >= 15 is 0 Å². The molecule has 2 aromatic rings. The maximum Gasteiger partial charge on any atom is 0.341 e. The Kier molecular flexibility index (Phi) is 6.68. The minimum absolute atomic E-state index is 0.0829. The molecule has 0 aliphatic heterocycles. The van der Waals surface area contributed by atoms with Gasteiger partial charge in [0.15, 0.2) is 6.61 Å². The lowest BCUT2D eigenvalue weighted by atomic mass is 10.0. The molecular weight excluding hydrogens is 339 g/mol. The van der Waals surface area contributed by atoms with Gasteiger partial charge < -0.3 is 20.5 Å². The summed E-state index contributed by atoms with van der Waals surface area (Å²) in [6.45, 7) is 1.71. The van der Waals surface area contributed by atoms with E-state index in [0.29, 0.717) is 11.1 Å². The minimum Gasteiger partial charge on any atom is -0.482 e. The summed E-state index contributed by atoms with van der Waals surface area (Å²) in [5.41, 5.74) is 2.80. The number of aliphatic carboxylic acids is 1. The Morgan fingerprint density at radius 1 is 1.31 bits per heavy atom. The maximum absolute atomic E-state index is 14.2. The number of benzene rings is 2. The van der Waals surface area contributed by atoms with Gasteiger partial charge in [-0.1, -0.05) is 18.2 Å². The van der Waals surface area contributed by atoms with Gasteiger partial charge in [0.1, 0.15) is 17.9 Å². The first-order chi connectivity index (χ1) is 12.4. The van der Waals surface area contributed by atoms with Crippen LogP contribution in [0.4, 0.5) is 10.1 Å². The smallest absolute Gasteiger partial charge is 0.341 e. The summed E-state index contributed by atoms with van der Waals surface area (Å²) in [4.78, 5) is 21.4. The number of ether oxygens (including phenoxy) is 1. The summed E-state index contributed by atoms with van der Waals surface area (Å²) >= 11 is 0. The quantitative estimate of drug-likeness (QED) is 0.596. The van der Waals surface area contributed by atoms with Crippen molar-refractivity contribution < 1.29 is 23.8 Å². The summed E-state index contributed by atoms with van der Waals surface area (Å²) in [5.74, 6) is -1.42. The zero-order chi connectivity index (χ0) is 19.1. The van der Waals surface area contributed by atoms with Crippen LogP contribution in [0.2, 0.25) is 0 Å². The van der Waals surface area contributed by atoms with Crippen LogP contribution in [0.25, 0.3) is 0 Å². The van der Waals surface area contributed by atoms with Gasteiger partial charge in [-0.15, -0.1) is 0 Å². The number of carbonyl (C=O) groups is 2. The zero-order valence-electron chi connectivity index (χ0n) is 14.6. The summed E-state index contributed by atoms with van der Waals surface area (Å²) in [5, 5.41) is 14.9. The number of nitrogens with one attached hydrogen (secondary N) is 2. The number of anilines is 1. The van der Waals surface area contributed by atoms with Crippen LogP contribution in [0, 0.1) is 5.82 Å². The van der Waals surface area contributed by atoms with E-state index in [1.54, 1.807) is 25.2 Å². The average molecular weight is 360 g/mol. The molecule has 0 bridgehead atoms. The number of hydrogen-bond acceptors (Lipinski definition) is 5. The van der Waals surface area contributed by atoms with Gasteiger partial charge in [-0.05, 0) is 24.6 Å². The van der Waals surface area contributed by atoms with Gasteiger partial charge in [-0.2, -0.15) is 0 Å². The molecule has 1 atom stereocenters. The predicted molar refractivity (Wildman–Crippen MR) is 96.2 cm³/mol. The molecule has 2 aromatic carbocycles. The van der Waals surface area contributed by atoms with Gasteiger partial charge in [0, 0.05) is 42.5 Å². The van der Waals surface area contributed by atoms with E-state index in [9.17, 15) is 14.0 Å². The number of carboxylic acid groups (broad SMARTS) is 1. The van der Waals surface area contributed by atoms with Crippen molar-refractivity contribution in [3.63, 3.8) is 0 Å². The van der Waals surface area contributed by atoms with E-state index in [1.807, 2.05) is 13.0 Å². The molecule has 0 aliphatic carbocycles. The van der Waals surface area contributed by atoms with Crippen molar-refractivity contribution in [1.82, 2.24) is 5.32 Å². The third-order valence-corrected chi connectivity index (χ3v) is 3.93. The molecule has 0 radical (unpaired) electrons. The summed E-state index contributed by atoms with van der Waals surface area (Å²) in [7, 11) is 1.77. The van der Waals surface area contributed by atoms with Gasteiger partial charge in [0.05, 0.1) is 0 Å². The Bertz CT molecular complexity index is 795. The number of rotatable bonds is 9. The van der Waals surface area contributed by atoms with Crippen LogP contribution in [-0.2, 0) is 11.3 Å². The van der Waals surface area contributed by atoms with Gasteiger partial charge >= 0.3 is 5.97 Å². The van der Waals surface area contributed by atoms with Crippen LogP contribution in [0.1, 0.15) is 34.5 Å². The van der Waals surface area contributed by atoms with Crippen LogP contribution in [0.3, 0.4) is 0 Å². The lowest BCUT2D eigenvalue weighted by Gasteiger charge is -2.19. The van der Waals surface area contributed by atoms with Gasteiger partial charge in [-0.25, -0.2) is 9.18 Å². The first kappa shape index (κ1) is 19.4. The van der Waals surface area contributed by atoms with Crippen LogP contribution < -0.4 is 15.4 Å². The highest BCUT2D eigenvalue weighted by atomic mass is 19.1. The van der Waals surface area contributed by atoms with E-state index in [1.165, 1.54) is 12.1 Å². The molecule has 0 spiro atoms. The molecule has 0 saturated heterocycles. The van der Waals surface area contributed by atoms with Gasteiger partial charge in [0.25, 0.3) is 0 Å². The SMILES string of the molecule is CNc1cc(C=O)ccc1C(C)NCc1ccc(OCC(=O)O)cc1F. The molecule has 138 valence electrons. The van der Waals surface area contributed by atoms with Crippen LogP contribution in [0.5, 0.6) is 5.75 Å². The molecule has 6 nitrogen and oxygen atoms in total. The molecule has 26 heavy (non-hydrogen) atoms. The fourth-order valence-electron chi connectivity index (χ4n) is 2.52. The minimum atomic E-state index is -1.12. The lowest BCUT2D eigenvalue weighted by Crippen LogP contribution is -2.20. The molecule has 0 aliphatic rings. The lowest BCUT2D eigenvalue weighted by molar-refractivity contribution is -0.139. The molecule has 7 heteroatoms. The Morgan fingerprint density at radius 3 is 2.69 bits per heavy atom. The second-order valence-electron chi connectivity index (χ2n) is 5.75. The van der Waals surface area contributed by atoms with E-state index in [-0.39, 0.29) is 18.3 Å². The second-order valence-corrected chi connectivity index (χ2v) is 5.75. The molecule has 0 saturated carbocycles. The summed E-state index contributed by atoms with van der Waals surface area (Å²) in [6, 6.07) is 9.52. The normalized spacial score (nSPS) is 11.7. The van der Waals surface area contributed by atoms with Crippen molar-refractivity contribution in [2.45, 2.75) is 19.5 Å². The second kappa shape index (κ2) is 8.96. The Labute approximate surface area is 151 Å². The third kappa shape index (κ3) is 5.03. The van der Waals surface area contributed by atoms with Crippen molar-refractivity contribution in [2.24, 2.45) is 0 Å². The fraction of sp³-hybridized carbons (Fsp3) is 0.263. The molecule has 0 fully saturated rings. The molecule has 0 heterocycles. The Hall–Kier alpha value is -2.93. The molecule has 0 amide bonds. The number of halogens is 1. The van der Waals surface area contributed by atoms with Crippen LogP contribution in [0.15, 0.2) is 36.4 Å². The van der Waals surface area contributed by atoms with Gasteiger partial charge in [0.2, 0.25) is 0 Å². The van der Waals surface area contributed by atoms with Crippen molar-refractivity contribution in [1.29, 1.82) is 0 Å². The monoisotopic (exact) mass is 360 g/mol. The van der Waals surface area contributed by atoms with E-state index < -0.39 is 18.4 Å². The summed E-state index contributed by atoms with van der Waals surface area (Å²) in [6.07, 6.45) is 0.784. The van der Waals surface area contributed by atoms with E-state index in [4.69, 9.17) is 9.84 Å². The largest absolute Gasteiger partial charge is 0.482 e. The summed E-state index contributed by atoms with van der Waals surface area (Å²) < 4.78 is 19.1. The van der Waals surface area contributed by atoms with Gasteiger partial charge in [-0.3, -0.25) is 4.79 Å². The highest BCUT2D eigenvalue weighted by Gasteiger charge is 2.12. The van der Waals surface area contributed by atoms with Crippen LogP contribution in [-0.4, -0.2) is 31.0 Å². The molecule has 0 aromatic heterocycles. The first-order valence-electron chi connectivity index (χ1n) is 8.08.